The van der Waals surface area contributed by atoms with E-state index < -0.39 is 22.9 Å². The molecular weight excluding hydrogens is 360 g/mol. The number of aliphatic hydroxyl groups excluding tert-OH is 1. The van der Waals surface area contributed by atoms with Gasteiger partial charge in [-0.15, -0.1) is 0 Å². The third-order valence-corrected chi connectivity index (χ3v) is 3.54. The zero-order chi connectivity index (χ0) is 19.6. The van der Waals surface area contributed by atoms with Crippen LogP contribution in [0.2, 0.25) is 0 Å². The summed E-state index contributed by atoms with van der Waals surface area (Å²) in [7, 11) is 0. The van der Waals surface area contributed by atoms with Gasteiger partial charge >= 0.3 is 6.03 Å². The van der Waals surface area contributed by atoms with Crippen molar-refractivity contribution in [2.24, 2.45) is 10.8 Å². The van der Waals surface area contributed by atoms with Crippen molar-refractivity contribution in [1.29, 1.82) is 0 Å². The molecule has 1 aromatic carbocycles. The van der Waals surface area contributed by atoms with E-state index in [4.69, 9.17) is 15.4 Å². The molecule has 0 aliphatic carbocycles. The number of aliphatic hydroxyl groups is 1. The lowest BCUT2D eigenvalue weighted by molar-refractivity contribution is -0.991. The highest BCUT2D eigenvalue weighted by Crippen LogP contribution is 2.19. The average molecular weight is 374 g/mol. The van der Waals surface area contributed by atoms with E-state index in [0.29, 0.717) is 0 Å². The fraction of sp³-hybridized carbons (Fsp3) is 0.0667. The van der Waals surface area contributed by atoms with Crippen LogP contribution in [0.3, 0.4) is 0 Å². The van der Waals surface area contributed by atoms with Gasteiger partial charge in [-0.1, -0.05) is 0 Å². The highest BCUT2D eigenvalue weighted by Gasteiger charge is 2.25. The number of primary amides is 1. The maximum absolute atomic E-state index is 12.4. The lowest BCUT2D eigenvalue weighted by Gasteiger charge is -2.13. The van der Waals surface area contributed by atoms with Crippen molar-refractivity contribution in [1.82, 2.24) is 15.4 Å². The third-order valence-electron chi connectivity index (χ3n) is 3.54. The van der Waals surface area contributed by atoms with Crippen LogP contribution in [0.25, 0.3) is 11.0 Å². The summed E-state index contributed by atoms with van der Waals surface area (Å²) in [6.07, 6.45) is -0.209. The minimum Gasteiger partial charge on any atom is -0.595 e. The van der Waals surface area contributed by atoms with Crippen LogP contribution in [-0.4, -0.2) is 32.0 Å². The topological polar surface area (TPSA) is 194 Å². The fourth-order valence-corrected chi connectivity index (χ4v) is 2.33. The molecule has 2 amide bonds. The van der Waals surface area contributed by atoms with E-state index in [2.05, 4.69) is 15.1 Å². The number of amides is 2. The number of carbonyl (C=O) groups is 1. The predicted molar refractivity (Wildman–Crippen MR) is 91.1 cm³/mol. The first-order valence-electron chi connectivity index (χ1n) is 7.49. The van der Waals surface area contributed by atoms with Crippen molar-refractivity contribution < 1.29 is 24.8 Å². The van der Waals surface area contributed by atoms with Gasteiger partial charge in [0.1, 0.15) is 11.5 Å². The van der Waals surface area contributed by atoms with E-state index in [1.165, 1.54) is 36.6 Å². The monoisotopic (exact) mass is 374 g/mol. The fourth-order valence-electron chi connectivity index (χ4n) is 2.33. The van der Waals surface area contributed by atoms with Gasteiger partial charge in [0.15, 0.2) is 17.5 Å². The third kappa shape index (κ3) is 3.83. The molecule has 2 aromatic heterocycles. The van der Waals surface area contributed by atoms with E-state index in [-0.39, 0.29) is 33.9 Å². The molecule has 27 heavy (non-hydrogen) atoms. The van der Waals surface area contributed by atoms with Crippen molar-refractivity contribution in [3.63, 3.8) is 0 Å². The number of aromatic amines is 1. The van der Waals surface area contributed by atoms with Gasteiger partial charge in [-0.25, -0.2) is 20.4 Å². The number of nitrogens with zero attached hydrogens (tertiary/aromatic N) is 2. The minimum atomic E-state index is -1.52. The van der Waals surface area contributed by atoms with Crippen LogP contribution in [0.1, 0.15) is 17.6 Å². The smallest absolute Gasteiger partial charge is 0.332 e. The van der Waals surface area contributed by atoms with Crippen molar-refractivity contribution in [2.45, 2.75) is 6.10 Å². The zero-order valence-corrected chi connectivity index (χ0v) is 13.5. The Kier molecular flexibility index (Phi) is 4.96. The van der Waals surface area contributed by atoms with Crippen molar-refractivity contribution in [3.05, 3.63) is 63.6 Å². The first-order chi connectivity index (χ1) is 12.9. The van der Waals surface area contributed by atoms with Crippen molar-refractivity contribution >= 4 is 28.5 Å². The second kappa shape index (κ2) is 7.35. The van der Waals surface area contributed by atoms with Crippen LogP contribution in [0.4, 0.5) is 10.5 Å². The SMILES string of the molecule is NC(=O)N/N=C(/c1nc2ccc([NH+]([O-])O)cc2[nH]c1=O)C(O)c1ccco1. The number of furan rings is 1. The highest BCUT2D eigenvalue weighted by molar-refractivity contribution is 6.03. The number of carbonyl (C=O) groups excluding carboxylic acids is 1. The van der Waals surface area contributed by atoms with Crippen LogP contribution in [0.15, 0.2) is 50.9 Å². The van der Waals surface area contributed by atoms with Crippen molar-refractivity contribution in [3.8, 4) is 0 Å². The number of fused-ring (bicyclic) bond motifs is 1. The maximum Gasteiger partial charge on any atom is 0.332 e. The number of rotatable bonds is 5. The number of hydrogen-bond donors (Lipinski definition) is 6. The highest BCUT2D eigenvalue weighted by atomic mass is 16.8. The van der Waals surface area contributed by atoms with Gasteiger partial charge in [-0.3, -0.25) is 4.79 Å². The van der Waals surface area contributed by atoms with Gasteiger partial charge in [0.05, 0.1) is 17.3 Å². The molecule has 0 saturated carbocycles. The lowest BCUT2D eigenvalue weighted by Crippen LogP contribution is -2.99. The summed E-state index contributed by atoms with van der Waals surface area (Å²) < 4.78 is 5.09. The molecule has 0 saturated heterocycles. The zero-order valence-electron chi connectivity index (χ0n) is 13.5. The van der Waals surface area contributed by atoms with Crippen LogP contribution >= 0.6 is 0 Å². The molecule has 12 heteroatoms. The molecule has 2 atom stereocenters. The number of aromatic nitrogens is 2. The first-order valence-corrected chi connectivity index (χ1v) is 7.49. The Morgan fingerprint density at radius 2 is 2.22 bits per heavy atom. The summed E-state index contributed by atoms with van der Waals surface area (Å²) >= 11 is 0. The molecule has 0 fully saturated rings. The van der Waals surface area contributed by atoms with Crippen LogP contribution in [0, 0.1) is 5.21 Å². The average Bonchev–Trinajstić information content (AvgIpc) is 3.15. The van der Waals surface area contributed by atoms with E-state index in [9.17, 15) is 19.9 Å². The Morgan fingerprint density at radius 3 is 2.85 bits per heavy atom. The van der Waals surface area contributed by atoms with Gasteiger partial charge in [0, 0.05) is 12.1 Å². The molecule has 2 heterocycles. The number of hydrazone groups is 1. The van der Waals surface area contributed by atoms with E-state index in [1.807, 2.05) is 5.43 Å². The number of H-pyrrole nitrogens is 1. The summed E-state index contributed by atoms with van der Waals surface area (Å²) in [4.78, 5) is 30.0. The Balaban J connectivity index is 2.13. The van der Waals surface area contributed by atoms with Gasteiger partial charge < -0.3 is 25.4 Å². The Bertz CT molecular complexity index is 1060. The van der Waals surface area contributed by atoms with Crippen molar-refractivity contribution in [2.75, 3.05) is 0 Å². The number of quaternary nitrogens is 1. The summed E-state index contributed by atoms with van der Waals surface area (Å²) in [5, 5.41) is 33.0. The molecule has 2 unspecified atom stereocenters. The second-order valence-corrected chi connectivity index (χ2v) is 5.34. The summed E-state index contributed by atoms with van der Waals surface area (Å²) in [5.41, 5.74) is 5.94. The number of hydrogen-bond acceptors (Lipinski definition) is 8. The standard InChI is InChI=1S/C15H14N6O6/c16-15(24)20-19-11(13(22)10-2-1-5-27-10)12-14(23)18-9-6-7(21(25)26)3-4-8(9)17-12/h1-6,13,21-22,25H,(H,18,23)(H3,16,20,24)/b19-11-. The molecule has 140 valence electrons. The molecule has 0 spiro atoms. The molecule has 0 aliphatic heterocycles. The number of nitrogens with one attached hydrogen (secondary N) is 3. The molecule has 0 radical (unpaired) electrons. The summed E-state index contributed by atoms with van der Waals surface area (Å²) in [6.45, 7) is 0. The van der Waals surface area contributed by atoms with E-state index in [1.54, 1.807) is 0 Å². The number of urea groups is 1. The van der Waals surface area contributed by atoms with Crippen LogP contribution in [0.5, 0.6) is 0 Å². The summed E-state index contributed by atoms with van der Waals surface area (Å²) in [6, 6.07) is 5.89. The predicted octanol–water partition coefficient (Wildman–Crippen LogP) is -0.974. The van der Waals surface area contributed by atoms with Gasteiger partial charge in [-0.05, 0) is 18.2 Å². The van der Waals surface area contributed by atoms with Crippen LogP contribution < -0.4 is 21.9 Å². The molecule has 3 rings (SSSR count). The maximum atomic E-state index is 12.4. The van der Waals surface area contributed by atoms with Gasteiger partial charge in [0.2, 0.25) is 0 Å². The van der Waals surface area contributed by atoms with E-state index >= 15 is 0 Å². The second-order valence-electron chi connectivity index (χ2n) is 5.34. The Morgan fingerprint density at radius 1 is 1.44 bits per heavy atom. The molecule has 12 nitrogen and oxygen atoms in total. The minimum absolute atomic E-state index is 0.0346. The molecule has 7 N–H and O–H groups in total. The normalized spacial score (nSPS) is 14.1. The summed E-state index contributed by atoms with van der Waals surface area (Å²) in [5.74, 6) is 0.0579. The van der Waals surface area contributed by atoms with Gasteiger partial charge in [-0.2, -0.15) is 10.3 Å². The van der Waals surface area contributed by atoms with Gasteiger partial charge in [0.25, 0.3) is 5.56 Å². The molecular formula is C15H14N6O6. The number of nitrogens with two attached hydrogens (primary N) is 1. The molecule has 0 aliphatic rings. The molecule has 0 bridgehead atoms. The Labute approximate surface area is 150 Å². The first kappa shape index (κ1) is 18.2. The Hall–Kier alpha value is -3.58. The van der Waals surface area contributed by atoms with E-state index in [0.717, 1.165) is 0 Å². The quantitative estimate of drug-likeness (QED) is 0.244. The largest absolute Gasteiger partial charge is 0.595 e. The van der Waals surface area contributed by atoms with Crippen LogP contribution in [-0.2, 0) is 0 Å². The lowest BCUT2D eigenvalue weighted by atomic mass is 10.1. The molecule has 3 aromatic rings. The number of benzene rings is 1.